The number of carboxylic acids is 1. The molecule has 156 valence electrons. The Morgan fingerprint density at radius 2 is 1.41 bits per heavy atom. The lowest BCUT2D eigenvalue weighted by Crippen LogP contribution is -2.55. The Balaban J connectivity index is 4.58. The highest BCUT2D eigenvalue weighted by Gasteiger charge is 2.26. The van der Waals surface area contributed by atoms with Crippen LogP contribution in [0.25, 0.3) is 0 Å². The molecule has 4 unspecified atom stereocenters. The summed E-state index contributed by atoms with van der Waals surface area (Å²) in [5.41, 5.74) is 5.77. The van der Waals surface area contributed by atoms with Gasteiger partial charge >= 0.3 is 5.97 Å². The SMILES string of the molecule is CSCCC(NC(=O)C(C)NC(=O)C(C)NC(=O)C(N)CC(C)C)C(=O)O. The third kappa shape index (κ3) is 10.2. The molecule has 0 spiro atoms. The Labute approximate surface area is 164 Å². The first-order valence-electron chi connectivity index (χ1n) is 8.88. The normalized spacial score (nSPS) is 15.4. The highest BCUT2D eigenvalue weighted by Crippen LogP contribution is 2.03. The molecule has 0 aromatic rings. The van der Waals surface area contributed by atoms with E-state index in [4.69, 9.17) is 10.8 Å². The molecular formula is C17H32N4O5S. The van der Waals surface area contributed by atoms with Gasteiger partial charge in [0.2, 0.25) is 17.7 Å². The molecule has 9 nitrogen and oxygen atoms in total. The van der Waals surface area contributed by atoms with Gasteiger partial charge < -0.3 is 26.8 Å². The number of aliphatic carboxylic acids is 1. The van der Waals surface area contributed by atoms with Crippen LogP contribution in [0.4, 0.5) is 0 Å². The minimum atomic E-state index is -1.13. The highest BCUT2D eigenvalue weighted by atomic mass is 32.2. The van der Waals surface area contributed by atoms with Gasteiger partial charge in [0, 0.05) is 0 Å². The third-order valence-corrected chi connectivity index (χ3v) is 4.44. The number of carbonyl (C=O) groups is 4. The van der Waals surface area contributed by atoms with Gasteiger partial charge in [0.25, 0.3) is 0 Å². The number of nitrogens with one attached hydrogen (secondary N) is 3. The van der Waals surface area contributed by atoms with Crippen LogP contribution in [-0.2, 0) is 19.2 Å². The minimum Gasteiger partial charge on any atom is -0.480 e. The van der Waals surface area contributed by atoms with Crippen molar-refractivity contribution >= 4 is 35.5 Å². The van der Waals surface area contributed by atoms with Gasteiger partial charge in [-0.1, -0.05) is 13.8 Å². The van der Waals surface area contributed by atoms with E-state index >= 15 is 0 Å². The zero-order chi connectivity index (χ0) is 21.1. The first-order chi connectivity index (χ1) is 12.5. The van der Waals surface area contributed by atoms with E-state index in [1.807, 2.05) is 20.1 Å². The number of hydrogen-bond donors (Lipinski definition) is 5. The lowest BCUT2D eigenvalue weighted by Gasteiger charge is -2.21. The van der Waals surface area contributed by atoms with Crippen molar-refractivity contribution in [2.45, 2.75) is 64.7 Å². The van der Waals surface area contributed by atoms with Crippen LogP contribution in [0.5, 0.6) is 0 Å². The summed E-state index contributed by atoms with van der Waals surface area (Å²) < 4.78 is 0. The molecule has 0 aliphatic carbocycles. The molecule has 0 rings (SSSR count). The van der Waals surface area contributed by atoms with Gasteiger partial charge in [-0.05, 0) is 44.6 Å². The average Bonchev–Trinajstić information content (AvgIpc) is 2.56. The number of carboxylic acid groups (broad SMARTS) is 1. The second-order valence-corrected chi connectivity index (χ2v) is 7.86. The number of nitrogens with two attached hydrogens (primary N) is 1. The summed E-state index contributed by atoms with van der Waals surface area (Å²) in [6.45, 7) is 6.80. The molecule has 0 radical (unpaired) electrons. The Morgan fingerprint density at radius 3 is 1.85 bits per heavy atom. The summed E-state index contributed by atoms with van der Waals surface area (Å²) in [5, 5.41) is 16.5. The largest absolute Gasteiger partial charge is 0.480 e. The van der Waals surface area contributed by atoms with Crippen molar-refractivity contribution in [1.29, 1.82) is 0 Å². The zero-order valence-corrected chi connectivity index (χ0v) is 17.4. The van der Waals surface area contributed by atoms with Crippen molar-refractivity contribution in [3.8, 4) is 0 Å². The molecule has 0 saturated carbocycles. The second-order valence-electron chi connectivity index (χ2n) is 6.88. The lowest BCUT2D eigenvalue weighted by molar-refractivity contribution is -0.142. The van der Waals surface area contributed by atoms with E-state index in [0.717, 1.165) is 0 Å². The van der Waals surface area contributed by atoms with Crippen molar-refractivity contribution < 1.29 is 24.3 Å². The fourth-order valence-corrected chi connectivity index (χ4v) is 2.67. The van der Waals surface area contributed by atoms with Crippen molar-refractivity contribution in [3.63, 3.8) is 0 Å². The van der Waals surface area contributed by atoms with E-state index in [0.29, 0.717) is 12.2 Å². The molecule has 10 heteroatoms. The maximum atomic E-state index is 12.2. The van der Waals surface area contributed by atoms with Crippen LogP contribution in [-0.4, -0.2) is 65.0 Å². The van der Waals surface area contributed by atoms with E-state index in [2.05, 4.69) is 16.0 Å². The van der Waals surface area contributed by atoms with Crippen LogP contribution in [0.1, 0.15) is 40.5 Å². The number of rotatable bonds is 12. The predicted molar refractivity (Wildman–Crippen MR) is 105 cm³/mol. The maximum absolute atomic E-state index is 12.2. The van der Waals surface area contributed by atoms with E-state index in [1.54, 1.807) is 0 Å². The summed E-state index contributed by atoms with van der Waals surface area (Å²) in [5.74, 6) is -1.91. The van der Waals surface area contributed by atoms with E-state index in [1.165, 1.54) is 25.6 Å². The first kappa shape index (κ1) is 25.2. The standard InChI is InChI=1S/C17H32N4O5S/c1-9(2)8-12(18)16(24)20-10(3)14(22)19-11(4)15(23)21-13(17(25)26)6-7-27-5/h9-13H,6-8,18H2,1-5H3,(H,19,22)(H,20,24)(H,21,23)(H,25,26). The van der Waals surface area contributed by atoms with Crippen molar-refractivity contribution in [3.05, 3.63) is 0 Å². The molecule has 0 fully saturated rings. The zero-order valence-electron chi connectivity index (χ0n) is 16.6. The van der Waals surface area contributed by atoms with Gasteiger partial charge in [0.15, 0.2) is 0 Å². The van der Waals surface area contributed by atoms with Gasteiger partial charge in [-0.2, -0.15) is 11.8 Å². The summed E-state index contributed by atoms with van der Waals surface area (Å²) in [7, 11) is 0. The minimum absolute atomic E-state index is 0.242. The van der Waals surface area contributed by atoms with Crippen molar-refractivity contribution in [2.24, 2.45) is 11.7 Å². The number of amides is 3. The maximum Gasteiger partial charge on any atom is 0.326 e. The predicted octanol–water partition coefficient (Wildman–Crippen LogP) is -0.308. The molecular weight excluding hydrogens is 372 g/mol. The Morgan fingerprint density at radius 1 is 0.926 bits per heavy atom. The number of hydrogen-bond acceptors (Lipinski definition) is 6. The van der Waals surface area contributed by atoms with Gasteiger partial charge in [-0.3, -0.25) is 14.4 Å². The number of carbonyl (C=O) groups excluding carboxylic acids is 3. The molecule has 0 bridgehead atoms. The summed E-state index contributed by atoms with van der Waals surface area (Å²) >= 11 is 1.47. The summed E-state index contributed by atoms with van der Waals surface area (Å²) in [6, 6.07) is -3.56. The van der Waals surface area contributed by atoms with E-state index in [-0.39, 0.29) is 12.3 Å². The third-order valence-electron chi connectivity index (χ3n) is 3.79. The highest BCUT2D eigenvalue weighted by molar-refractivity contribution is 7.98. The molecule has 0 saturated heterocycles. The topological polar surface area (TPSA) is 151 Å². The Kier molecular flexibility index (Phi) is 11.7. The van der Waals surface area contributed by atoms with Crippen molar-refractivity contribution in [1.82, 2.24) is 16.0 Å². The van der Waals surface area contributed by atoms with Gasteiger partial charge in [0.1, 0.15) is 18.1 Å². The van der Waals surface area contributed by atoms with Crippen LogP contribution in [0, 0.1) is 5.92 Å². The van der Waals surface area contributed by atoms with E-state index < -0.39 is 47.9 Å². The molecule has 0 heterocycles. The Bertz CT molecular complexity index is 529. The first-order valence-corrected chi connectivity index (χ1v) is 10.3. The average molecular weight is 405 g/mol. The van der Waals surface area contributed by atoms with Crippen LogP contribution < -0.4 is 21.7 Å². The molecule has 27 heavy (non-hydrogen) atoms. The summed E-state index contributed by atoms with van der Waals surface area (Å²) in [4.78, 5) is 47.4. The van der Waals surface area contributed by atoms with E-state index in [9.17, 15) is 19.2 Å². The Hall–Kier alpha value is -1.81. The second kappa shape index (κ2) is 12.6. The summed E-state index contributed by atoms with van der Waals surface area (Å²) in [6.07, 6.45) is 2.61. The fraction of sp³-hybridized carbons (Fsp3) is 0.765. The molecule has 0 aromatic heterocycles. The molecule has 4 atom stereocenters. The lowest BCUT2D eigenvalue weighted by atomic mass is 10.0. The fourth-order valence-electron chi connectivity index (χ4n) is 2.19. The quantitative estimate of drug-likeness (QED) is 0.299. The number of thioether (sulfide) groups is 1. The van der Waals surface area contributed by atoms with Crippen molar-refractivity contribution in [2.75, 3.05) is 12.0 Å². The molecule has 0 aromatic carbocycles. The smallest absolute Gasteiger partial charge is 0.326 e. The molecule has 6 N–H and O–H groups in total. The van der Waals surface area contributed by atoms with Crippen LogP contribution >= 0.6 is 11.8 Å². The van der Waals surface area contributed by atoms with Gasteiger partial charge in [-0.15, -0.1) is 0 Å². The van der Waals surface area contributed by atoms with Crippen LogP contribution in [0.3, 0.4) is 0 Å². The molecule has 0 aliphatic rings. The van der Waals surface area contributed by atoms with Crippen LogP contribution in [0.2, 0.25) is 0 Å². The molecule has 0 aliphatic heterocycles. The molecule has 3 amide bonds. The van der Waals surface area contributed by atoms with Gasteiger partial charge in [0.05, 0.1) is 6.04 Å². The monoisotopic (exact) mass is 404 g/mol. The van der Waals surface area contributed by atoms with Gasteiger partial charge in [-0.25, -0.2) is 4.79 Å². The van der Waals surface area contributed by atoms with Crippen LogP contribution in [0.15, 0.2) is 0 Å².